The van der Waals surface area contributed by atoms with Crippen LogP contribution in [0.2, 0.25) is 0 Å². The standard InChI is InChI=1S/C37H41IN4O4/c1-45-37(38,20-18-28-10-4-2-5-11-28)39-36(44)42-21-19-33(41-24-22-40(23-25-41)32-14-6-3-7-15-32)34(27-42)46-35(43)31-17-16-29-12-8-9-13-30(29)26-31/h2-17,26,33-34H,18-25,27H2,1H3,(H,39,44)/t33?,34-,37?/m1/s1. The van der Waals surface area contributed by atoms with Crippen LogP contribution in [0.15, 0.2) is 103 Å². The van der Waals surface area contributed by atoms with E-state index in [0.29, 0.717) is 31.5 Å². The number of urea groups is 1. The van der Waals surface area contributed by atoms with Gasteiger partial charge in [0.05, 0.1) is 18.2 Å². The van der Waals surface area contributed by atoms with E-state index in [-0.39, 0.29) is 18.0 Å². The predicted molar refractivity (Wildman–Crippen MR) is 190 cm³/mol. The number of esters is 1. The maximum Gasteiger partial charge on any atom is 0.338 e. The molecule has 1 N–H and O–H groups in total. The van der Waals surface area contributed by atoms with E-state index in [1.54, 1.807) is 12.0 Å². The summed E-state index contributed by atoms with van der Waals surface area (Å²) in [6.45, 7) is 4.37. The number of piperidine rings is 1. The number of benzene rings is 4. The van der Waals surface area contributed by atoms with E-state index in [0.717, 1.165) is 43.4 Å². The first-order valence-corrected chi connectivity index (χ1v) is 17.1. The molecule has 8 nitrogen and oxygen atoms in total. The Kier molecular flexibility index (Phi) is 10.4. The van der Waals surface area contributed by atoms with Crippen molar-refractivity contribution in [1.82, 2.24) is 15.1 Å². The lowest BCUT2D eigenvalue weighted by Crippen LogP contribution is -2.62. The summed E-state index contributed by atoms with van der Waals surface area (Å²) in [5, 5.41) is 5.18. The number of hydrogen-bond acceptors (Lipinski definition) is 6. The summed E-state index contributed by atoms with van der Waals surface area (Å²) < 4.78 is 11.2. The van der Waals surface area contributed by atoms with Crippen LogP contribution in [0, 0.1) is 0 Å². The first-order chi connectivity index (χ1) is 22.4. The number of methoxy groups -OCH3 is 1. The smallest absolute Gasteiger partial charge is 0.338 e. The van der Waals surface area contributed by atoms with E-state index in [9.17, 15) is 9.59 Å². The third kappa shape index (κ3) is 7.82. The van der Waals surface area contributed by atoms with Gasteiger partial charge < -0.3 is 24.6 Å². The molecule has 2 saturated heterocycles. The van der Waals surface area contributed by atoms with E-state index in [4.69, 9.17) is 9.47 Å². The number of nitrogens with zero attached hydrogens (tertiary/aromatic N) is 3. The molecule has 2 amide bonds. The first-order valence-electron chi connectivity index (χ1n) is 16.0. The minimum absolute atomic E-state index is 0.0104. The third-order valence-electron chi connectivity index (χ3n) is 9.15. The van der Waals surface area contributed by atoms with Gasteiger partial charge in [-0.25, -0.2) is 9.59 Å². The van der Waals surface area contributed by atoms with E-state index in [1.807, 2.05) is 66.7 Å². The van der Waals surface area contributed by atoms with Gasteiger partial charge >= 0.3 is 12.0 Å². The Morgan fingerprint density at radius 1 is 0.848 bits per heavy atom. The van der Waals surface area contributed by atoms with Crippen LogP contribution in [0.25, 0.3) is 10.8 Å². The maximum absolute atomic E-state index is 13.7. The van der Waals surface area contributed by atoms with Crippen LogP contribution in [0.1, 0.15) is 28.8 Å². The average molecular weight is 733 g/mol. The first kappa shape index (κ1) is 32.3. The monoisotopic (exact) mass is 732 g/mol. The lowest BCUT2D eigenvalue weighted by atomic mass is 9.98. The van der Waals surface area contributed by atoms with Crippen LogP contribution < -0.4 is 10.2 Å². The van der Waals surface area contributed by atoms with Gasteiger partial charge in [-0.05, 0) is 76.0 Å². The van der Waals surface area contributed by atoms with Crippen molar-refractivity contribution in [3.63, 3.8) is 0 Å². The number of para-hydroxylation sites is 1. The van der Waals surface area contributed by atoms with Crippen molar-refractivity contribution in [3.05, 3.63) is 114 Å². The van der Waals surface area contributed by atoms with Gasteiger partial charge in [-0.1, -0.05) is 78.9 Å². The number of aryl methyl sites for hydroxylation is 1. The molecule has 0 spiro atoms. The van der Waals surface area contributed by atoms with Gasteiger partial charge in [0.25, 0.3) is 0 Å². The molecule has 6 rings (SSSR count). The van der Waals surface area contributed by atoms with Crippen LogP contribution in [-0.2, 0) is 15.9 Å². The number of piperazine rings is 1. The van der Waals surface area contributed by atoms with Gasteiger partial charge in [0, 0.05) is 51.9 Å². The zero-order valence-electron chi connectivity index (χ0n) is 26.2. The fraction of sp³-hybridized carbons (Fsp3) is 0.351. The molecule has 0 bridgehead atoms. The number of halogens is 1. The van der Waals surface area contributed by atoms with E-state index < -0.39 is 9.84 Å². The van der Waals surface area contributed by atoms with Gasteiger partial charge in [0.15, 0.2) is 3.73 Å². The molecular formula is C37H41IN4O4. The minimum atomic E-state index is -0.868. The molecule has 9 heteroatoms. The molecule has 2 aliphatic heterocycles. The normalized spacial score (nSPS) is 20.2. The van der Waals surface area contributed by atoms with Crippen LogP contribution >= 0.6 is 22.6 Å². The molecule has 0 saturated carbocycles. The molecule has 2 unspecified atom stereocenters. The third-order valence-corrected chi connectivity index (χ3v) is 10.4. The van der Waals surface area contributed by atoms with Crippen molar-refractivity contribution < 1.29 is 19.1 Å². The summed E-state index contributed by atoms with van der Waals surface area (Å²) in [6.07, 6.45) is 1.61. The number of nitrogens with one attached hydrogen (secondary N) is 1. The largest absolute Gasteiger partial charge is 0.455 e. The molecule has 46 heavy (non-hydrogen) atoms. The summed E-state index contributed by atoms with van der Waals surface area (Å²) in [5.74, 6) is -0.367. The average Bonchev–Trinajstić information content (AvgIpc) is 3.11. The van der Waals surface area contributed by atoms with Gasteiger partial charge in [0.1, 0.15) is 6.10 Å². The van der Waals surface area contributed by atoms with Crippen LogP contribution in [0.3, 0.4) is 0 Å². The molecule has 2 fully saturated rings. The second kappa shape index (κ2) is 14.8. The van der Waals surface area contributed by atoms with Gasteiger partial charge in [0.2, 0.25) is 0 Å². The molecule has 4 aromatic carbocycles. The Morgan fingerprint density at radius 2 is 1.52 bits per heavy atom. The lowest BCUT2D eigenvalue weighted by Gasteiger charge is -2.46. The maximum atomic E-state index is 13.7. The fourth-order valence-corrected chi connectivity index (χ4v) is 7.00. The minimum Gasteiger partial charge on any atom is -0.455 e. The van der Waals surface area contributed by atoms with Crippen molar-refractivity contribution in [2.45, 2.75) is 35.1 Å². The van der Waals surface area contributed by atoms with E-state index in [2.05, 4.69) is 74.1 Å². The van der Waals surface area contributed by atoms with Gasteiger partial charge in [-0.2, -0.15) is 0 Å². The SMILES string of the molecule is COC(I)(CCc1ccccc1)NC(=O)N1CCC(N2CCN(c3ccccc3)CC2)[C@H](OC(=O)c2ccc3ccccc3c2)C1. The van der Waals surface area contributed by atoms with Crippen molar-refractivity contribution >= 4 is 51.1 Å². The van der Waals surface area contributed by atoms with Crippen molar-refractivity contribution in [3.8, 4) is 0 Å². The molecule has 0 aromatic heterocycles. The lowest BCUT2D eigenvalue weighted by molar-refractivity contribution is -0.0330. The Labute approximate surface area is 284 Å². The molecule has 3 atom stereocenters. The molecular weight excluding hydrogens is 691 g/mol. The zero-order valence-corrected chi connectivity index (χ0v) is 28.3. The highest BCUT2D eigenvalue weighted by molar-refractivity contribution is 14.1. The van der Waals surface area contributed by atoms with E-state index >= 15 is 0 Å². The summed E-state index contributed by atoms with van der Waals surface area (Å²) in [6, 6.07) is 34.1. The number of amides is 2. The highest BCUT2D eigenvalue weighted by Gasteiger charge is 2.40. The molecule has 2 aliphatic rings. The molecule has 0 radical (unpaired) electrons. The van der Waals surface area contributed by atoms with Gasteiger partial charge in [-0.3, -0.25) is 4.90 Å². The second-order valence-electron chi connectivity index (χ2n) is 12.0. The zero-order chi connectivity index (χ0) is 31.9. The van der Waals surface area contributed by atoms with Crippen molar-refractivity contribution in [1.29, 1.82) is 0 Å². The van der Waals surface area contributed by atoms with Crippen LogP contribution in [-0.4, -0.2) is 84.1 Å². The number of alkyl halides is 1. The summed E-state index contributed by atoms with van der Waals surface area (Å²) in [5.41, 5.74) is 2.92. The Balaban J connectivity index is 1.15. The number of hydrogen-bond donors (Lipinski definition) is 1. The van der Waals surface area contributed by atoms with Gasteiger partial charge in [-0.15, -0.1) is 0 Å². The Bertz CT molecular complexity index is 1620. The van der Waals surface area contributed by atoms with Crippen molar-refractivity contribution in [2.75, 3.05) is 51.3 Å². The number of ether oxygens (including phenoxy) is 2. The fourth-order valence-electron chi connectivity index (χ4n) is 6.50. The molecule has 2 heterocycles. The quantitative estimate of drug-likeness (QED) is 0.0713. The Hall–Kier alpha value is -3.67. The number of likely N-dealkylation sites (tertiary alicyclic amines) is 1. The molecule has 0 aliphatic carbocycles. The molecule has 4 aromatic rings. The number of fused-ring (bicyclic) bond motifs is 1. The van der Waals surface area contributed by atoms with Crippen LogP contribution in [0.4, 0.5) is 10.5 Å². The highest BCUT2D eigenvalue weighted by Crippen LogP contribution is 2.27. The second-order valence-corrected chi connectivity index (χ2v) is 13.8. The predicted octanol–water partition coefficient (Wildman–Crippen LogP) is 6.34. The van der Waals surface area contributed by atoms with E-state index in [1.165, 1.54) is 11.3 Å². The highest BCUT2D eigenvalue weighted by atomic mass is 127. The number of rotatable bonds is 9. The Morgan fingerprint density at radius 3 is 2.24 bits per heavy atom. The molecule has 240 valence electrons. The number of carbonyl (C=O) groups excluding carboxylic acids is 2. The number of anilines is 1. The number of carbonyl (C=O) groups is 2. The summed E-state index contributed by atoms with van der Waals surface area (Å²) >= 11 is 2.18. The van der Waals surface area contributed by atoms with Crippen molar-refractivity contribution in [2.24, 2.45) is 0 Å². The topological polar surface area (TPSA) is 74.3 Å². The summed E-state index contributed by atoms with van der Waals surface area (Å²) in [4.78, 5) is 33.9. The van der Waals surface area contributed by atoms with Crippen LogP contribution in [0.5, 0.6) is 0 Å². The summed E-state index contributed by atoms with van der Waals surface area (Å²) in [7, 11) is 1.62.